The van der Waals surface area contributed by atoms with Crippen molar-refractivity contribution in [2.75, 3.05) is 19.3 Å². The molecule has 1 amide bonds. The number of aromatic nitrogens is 1. The smallest absolute Gasteiger partial charge is 0.382 e. The fourth-order valence-electron chi connectivity index (χ4n) is 1.18. The number of carbonyl (C=O) groups is 1. The van der Waals surface area contributed by atoms with Gasteiger partial charge in [-0.05, 0) is 6.07 Å². The van der Waals surface area contributed by atoms with Gasteiger partial charge >= 0.3 is 6.18 Å². The molecule has 0 aliphatic rings. The Morgan fingerprint density at radius 3 is 2.67 bits per heavy atom. The molecule has 0 unspecified atom stereocenters. The number of hydrogen-bond donors (Lipinski definition) is 1. The maximum Gasteiger partial charge on any atom is 0.390 e. The van der Waals surface area contributed by atoms with Crippen molar-refractivity contribution in [3.63, 3.8) is 0 Å². The Kier molecular flexibility index (Phi) is 4.39. The molecule has 0 aliphatic heterocycles. The van der Waals surface area contributed by atoms with Gasteiger partial charge in [0.2, 0.25) is 0 Å². The lowest BCUT2D eigenvalue weighted by Crippen LogP contribution is -2.30. The van der Waals surface area contributed by atoms with E-state index in [1.807, 2.05) is 0 Å². The summed E-state index contributed by atoms with van der Waals surface area (Å²) < 4.78 is 36.0. The van der Waals surface area contributed by atoms with Crippen LogP contribution < -0.4 is 5.73 Å². The van der Waals surface area contributed by atoms with Gasteiger partial charge in [0, 0.05) is 19.8 Å². The van der Waals surface area contributed by atoms with Crippen LogP contribution in [0.2, 0.25) is 5.02 Å². The summed E-state index contributed by atoms with van der Waals surface area (Å²) in [5.41, 5.74) is 5.46. The molecule has 0 fully saturated rings. The zero-order valence-corrected chi connectivity index (χ0v) is 10.2. The van der Waals surface area contributed by atoms with Crippen molar-refractivity contribution < 1.29 is 18.0 Å². The molecular weight excluding hydrogens is 271 g/mol. The Hall–Kier alpha value is -1.50. The Labute approximate surface area is 107 Å². The zero-order valence-electron chi connectivity index (χ0n) is 9.46. The summed E-state index contributed by atoms with van der Waals surface area (Å²) in [6.45, 7) is -0.426. The van der Waals surface area contributed by atoms with Crippen LogP contribution in [0.3, 0.4) is 0 Å². The van der Waals surface area contributed by atoms with E-state index in [0.717, 1.165) is 4.90 Å². The van der Waals surface area contributed by atoms with E-state index in [4.69, 9.17) is 17.3 Å². The summed E-state index contributed by atoms with van der Waals surface area (Å²) in [5, 5.41) is 0.0880. The van der Waals surface area contributed by atoms with E-state index in [0.29, 0.717) is 0 Å². The fourth-order valence-corrected chi connectivity index (χ4v) is 1.35. The van der Waals surface area contributed by atoms with Crippen molar-refractivity contribution in [3.8, 4) is 0 Å². The van der Waals surface area contributed by atoms with Gasteiger partial charge in [0.15, 0.2) is 0 Å². The predicted molar refractivity (Wildman–Crippen MR) is 61.3 cm³/mol. The minimum Gasteiger partial charge on any atom is -0.382 e. The molecule has 18 heavy (non-hydrogen) atoms. The molecule has 4 nitrogen and oxygen atoms in total. The number of hydrogen-bond acceptors (Lipinski definition) is 3. The monoisotopic (exact) mass is 281 g/mol. The molecule has 0 aromatic carbocycles. The van der Waals surface area contributed by atoms with Crippen LogP contribution in [0.15, 0.2) is 12.3 Å². The average Bonchev–Trinajstić information content (AvgIpc) is 2.27. The third-order valence-corrected chi connectivity index (χ3v) is 2.50. The Morgan fingerprint density at radius 1 is 1.56 bits per heavy atom. The van der Waals surface area contributed by atoms with Crippen molar-refractivity contribution in [2.24, 2.45) is 0 Å². The van der Waals surface area contributed by atoms with Crippen LogP contribution in [0.5, 0.6) is 0 Å². The van der Waals surface area contributed by atoms with E-state index >= 15 is 0 Å². The first-order chi connectivity index (χ1) is 8.20. The number of halogens is 4. The molecule has 0 saturated heterocycles. The van der Waals surface area contributed by atoms with Gasteiger partial charge in [0.1, 0.15) is 5.82 Å². The summed E-state index contributed by atoms with van der Waals surface area (Å²) in [6.07, 6.45) is -4.19. The lowest BCUT2D eigenvalue weighted by Gasteiger charge is -2.18. The number of carbonyl (C=O) groups excluding carboxylic acids is 1. The molecule has 0 atom stereocenters. The lowest BCUT2D eigenvalue weighted by atomic mass is 10.2. The summed E-state index contributed by atoms with van der Waals surface area (Å²) in [7, 11) is 1.28. The van der Waals surface area contributed by atoms with Crippen molar-refractivity contribution in [2.45, 2.75) is 12.6 Å². The third-order valence-electron chi connectivity index (χ3n) is 2.19. The molecule has 2 N–H and O–H groups in total. The van der Waals surface area contributed by atoms with E-state index in [2.05, 4.69) is 4.98 Å². The van der Waals surface area contributed by atoms with Gasteiger partial charge in [-0.2, -0.15) is 13.2 Å². The maximum atomic E-state index is 12.0. The van der Waals surface area contributed by atoms with Crippen LogP contribution in [0, 0.1) is 0 Å². The number of anilines is 1. The summed E-state index contributed by atoms with van der Waals surface area (Å²) in [4.78, 5) is 16.4. The first kappa shape index (κ1) is 14.6. The second-order valence-electron chi connectivity index (χ2n) is 3.68. The molecule has 1 heterocycles. The minimum atomic E-state index is -4.30. The van der Waals surface area contributed by atoms with E-state index in [1.165, 1.54) is 19.3 Å². The summed E-state index contributed by atoms with van der Waals surface area (Å²) in [6, 6.07) is 1.27. The zero-order chi connectivity index (χ0) is 13.9. The Bertz CT molecular complexity index is 450. The highest BCUT2D eigenvalue weighted by atomic mass is 35.5. The van der Waals surface area contributed by atoms with Gasteiger partial charge in [-0.3, -0.25) is 4.79 Å². The Morgan fingerprint density at radius 2 is 2.17 bits per heavy atom. The molecular formula is C10H11ClF3N3O. The molecule has 0 saturated carbocycles. The SMILES string of the molecule is CN(CCC(F)(F)F)C(=O)c1cnc(N)c(Cl)c1. The van der Waals surface area contributed by atoms with Gasteiger partial charge in [-0.1, -0.05) is 11.6 Å². The minimum absolute atomic E-state index is 0.0613. The fraction of sp³-hybridized carbons (Fsp3) is 0.400. The maximum absolute atomic E-state index is 12.0. The van der Waals surface area contributed by atoms with E-state index in [-0.39, 0.29) is 16.4 Å². The normalized spacial score (nSPS) is 11.4. The van der Waals surface area contributed by atoms with Crippen LogP contribution in [0.25, 0.3) is 0 Å². The predicted octanol–water partition coefficient (Wildman–Crippen LogP) is 2.34. The molecule has 8 heteroatoms. The van der Waals surface area contributed by atoms with Gasteiger partial charge < -0.3 is 10.6 Å². The molecule has 0 spiro atoms. The highest BCUT2D eigenvalue weighted by Gasteiger charge is 2.28. The van der Waals surface area contributed by atoms with Crippen LogP contribution in [0.4, 0.5) is 19.0 Å². The number of rotatable bonds is 3. The van der Waals surface area contributed by atoms with Crippen LogP contribution in [-0.4, -0.2) is 35.6 Å². The highest BCUT2D eigenvalue weighted by Crippen LogP contribution is 2.21. The second kappa shape index (κ2) is 5.43. The van der Waals surface area contributed by atoms with E-state index in [1.54, 1.807) is 0 Å². The lowest BCUT2D eigenvalue weighted by molar-refractivity contribution is -0.136. The van der Waals surface area contributed by atoms with Crippen LogP contribution in [-0.2, 0) is 0 Å². The van der Waals surface area contributed by atoms with Crippen molar-refractivity contribution in [3.05, 3.63) is 22.8 Å². The quantitative estimate of drug-likeness (QED) is 0.925. The third kappa shape index (κ3) is 4.06. The summed E-state index contributed by atoms with van der Waals surface area (Å²) in [5.74, 6) is -0.528. The number of nitrogens with zero attached hydrogens (tertiary/aromatic N) is 2. The molecule has 0 aliphatic carbocycles. The standard InChI is InChI=1S/C10H11ClF3N3O/c1-17(3-2-10(12,13)14)9(18)6-4-7(11)8(15)16-5-6/h4-5H,2-3H2,1H3,(H2,15,16). The van der Waals surface area contributed by atoms with Crippen LogP contribution in [0.1, 0.15) is 16.8 Å². The van der Waals surface area contributed by atoms with Crippen molar-refractivity contribution in [1.82, 2.24) is 9.88 Å². The number of alkyl halides is 3. The molecule has 100 valence electrons. The number of pyridine rings is 1. The number of nitrogens with two attached hydrogens (primary N) is 1. The first-order valence-electron chi connectivity index (χ1n) is 4.94. The molecule has 0 radical (unpaired) electrons. The second-order valence-corrected chi connectivity index (χ2v) is 4.09. The molecule has 1 aromatic heterocycles. The molecule has 1 rings (SSSR count). The van der Waals surface area contributed by atoms with Gasteiger partial charge in [-0.15, -0.1) is 0 Å². The average molecular weight is 282 g/mol. The largest absolute Gasteiger partial charge is 0.390 e. The number of nitrogen functional groups attached to an aromatic ring is 1. The summed E-state index contributed by atoms with van der Waals surface area (Å²) >= 11 is 5.67. The number of amides is 1. The molecule has 0 bridgehead atoms. The van der Waals surface area contributed by atoms with Crippen molar-refractivity contribution in [1.29, 1.82) is 0 Å². The first-order valence-corrected chi connectivity index (χ1v) is 5.32. The van der Waals surface area contributed by atoms with E-state index in [9.17, 15) is 18.0 Å². The molecule has 1 aromatic rings. The van der Waals surface area contributed by atoms with Gasteiger partial charge in [-0.25, -0.2) is 4.98 Å². The highest BCUT2D eigenvalue weighted by molar-refractivity contribution is 6.33. The van der Waals surface area contributed by atoms with Crippen LogP contribution >= 0.6 is 11.6 Å². The van der Waals surface area contributed by atoms with Gasteiger partial charge in [0.05, 0.1) is 17.0 Å². The Balaban J connectivity index is 2.71. The topological polar surface area (TPSA) is 59.2 Å². The van der Waals surface area contributed by atoms with E-state index < -0.39 is 25.0 Å². The van der Waals surface area contributed by atoms with Crippen molar-refractivity contribution >= 4 is 23.3 Å². The van der Waals surface area contributed by atoms with Gasteiger partial charge in [0.25, 0.3) is 5.91 Å².